The van der Waals surface area contributed by atoms with Crippen LogP contribution in [0.2, 0.25) is 0 Å². The molecule has 4 unspecified atom stereocenters. The topological polar surface area (TPSA) is 127 Å². The lowest BCUT2D eigenvalue weighted by atomic mass is 10.0. The molecule has 0 saturated heterocycles. The highest BCUT2D eigenvalue weighted by Crippen LogP contribution is 2.05. The van der Waals surface area contributed by atoms with Crippen molar-refractivity contribution in [3.63, 3.8) is 0 Å². The molecule has 0 heterocycles. The molecule has 0 radical (unpaired) electrons. The summed E-state index contributed by atoms with van der Waals surface area (Å²) in [5, 5.41) is 44.6. The zero-order valence-electron chi connectivity index (χ0n) is 7.35. The van der Waals surface area contributed by atoms with Crippen LogP contribution in [-0.4, -0.2) is 69.6 Å². The van der Waals surface area contributed by atoms with E-state index in [1.165, 1.54) is 0 Å². The van der Waals surface area contributed by atoms with Gasteiger partial charge in [0, 0.05) is 0 Å². The number of aliphatic hydroxyl groups excluding tert-OH is 5. The van der Waals surface area contributed by atoms with Crippen molar-refractivity contribution >= 4 is 6.47 Å². The Morgan fingerprint density at radius 2 is 1.57 bits per heavy atom. The van der Waals surface area contributed by atoms with E-state index < -0.39 is 37.6 Å². The molecule has 0 aromatic heterocycles. The molecule has 0 rings (SSSR count). The Labute approximate surface area is 80.2 Å². The van der Waals surface area contributed by atoms with Crippen molar-refractivity contribution in [3.05, 3.63) is 0 Å². The number of carbonyl (C=O) groups is 1. The highest BCUT2D eigenvalue weighted by molar-refractivity contribution is 5.36. The minimum atomic E-state index is -1.70. The fraction of sp³-hybridized carbons (Fsp3) is 0.857. The van der Waals surface area contributed by atoms with Gasteiger partial charge in [-0.2, -0.15) is 0 Å². The number of rotatable bonds is 7. The van der Waals surface area contributed by atoms with E-state index in [9.17, 15) is 4.79 Å². The Morgan fingerprint density at radius 3 is 2.00 bits per heavy atom. The summed E-state index contributed by atoms with van der Waals surface area (Å²) >= 11 is 0. The maximum absolute atomic E-state index is 9.72. The summed E-state index contributed by atoms with van der Waals surface area (Å²) in [6, 6.07) is 0. The summed E-state index contributed by atoms with van der Waals surface area (Å²) in [4.78, 5) is 9.72. The van der Waals surface area contributed by atoms with Gasteiger partial charge in [0.2, 0.25) is 0 Å². The van der Waals surface area contributed by atoms with Crippen LogP contribution in [-0.2, 0) is 9.53 Å². The summed E-state index contributed by atoms with van der Waals surface area (Å²) in [6.45, 7) is -1.18. The molecule has 0 spiro atoms. The Balaban J connectivity index is 4.01. The molecule has 0 fully saturated rings. The Morgan fingerprint density at radius 1 is 1.07 bits per heavy atom. The summed E-state index contributed by atoms with van der Waals surface area (Å²) in [5.41, 5.74) is 0. The number of hydrogen-bond donors (Lipinski definition) is 5. The highest BCUT2D eigenvalue weighted by Gasteiger charge is 2.30. The van der Waals surface area contributed by atoms with E-state index in [0.29, 0.717) is 0 Å². The molecule has 84 valence electrons. The molecule has 0 saturated carbocycles. The average molecular weight is 210 g/mol. The van der Waals surface area contributed by atoms with Gasteiger partial charge in [-0.05, 0) is 0 Å². The third-order valence-electron chi connectivity index (χ3n) is 1.66. The van der Waals surface area contributed by atoms with E-state index in [2.05, 4.69) is 4.74 Å². The molecule has 7 nitrogen and oxygen atoms in total. The number of hydrogen-bond acceptors (Lipinski definition) is 7. The number of carbonyl (C=O) groups excluding carboxylic acids is 1. The summed E-state index contributed by atoms with van der Waals surface area (Å²) in [7, 11) is 0. The second-order valence-corrected chi connectivity index (χ2v) is 2.73. The van der Waals surface area contributed by atoms with Crippen molar-refractivity contribution < 1.29 is 35.1 Å². The zero-order valence-corrected chi connectivity index (χ0v) is 7.35. The smallest absolute Gasteiger partial charge is 0.293 e. The second-order valence-electron chi connectivity index (χ2n) is 2.73. The van der Waals surface area contributed by atoms with Crippen molar-refractivity contribution in [1.82, 2.24) is 0 Å². The molecular formula is C7H14O7. The molecule has 0 aromatic rings. The lowest BCUT2D eigenvalue weighted by molar-refractivity contribution is -0.144. The lowest BCUT2D eigenvalue weighted by Gasteiger charge is -2.24. The molecule has 0 aliphatic carbocycles. The maximum atomic E-state index is 9.72. The van der Waals surface area contributed by atoms with Crippen LogP contribution in [0.5, 0.6) is 0 Å². The monoisotopic (exact) mass is 210 g/mol. The molecule has 0 aromatic carbocycles. The van der Waals surface area contributed by atoms with E-state index in [0.717, 1.165) is 0 Å². The molecule has 5 N–H and O–H groups in total. The van der Waals surface area contributed by atoms with Crippen molar-refractivity contribution in [3.8, 4) is 0 Å². The molecule has 14 heavy (non-hydrogen) atoms. The van der Waals surface area contributed by atoms with Crippen LogP contribution in [0.15, 0.2) is 0 Å². The van der Waals surface area contributed by atoms with Crippen LogP contribution in [0.3, 0.4) is 0 Å². The van der Waals surface area contributed by atoms with E-state index in [1.807, 2.05) is 0 Å². The van der Waals surface area contributed by atoms with Gasteiger partial charge in [-0.3, -0.25) is 4.79 Å². The van der Waals surface area contributed by atoms with Gasteiger partial charge in [-0.15, -0.1) is 0 Å². The van der Waals surface area contributed by atoms with Crippen LogP contribution < -0.4 is 0 Å². The summed E-state index contributed by atoms with van der Waals surface area (Å²) in [5.74, 6) is 0. The quantitative estimate of drug-likeness (QED) is 0.277. The van der Waals surface area contributed by atoms with Gasteiger partial charge >= 0.3 is 0 Å². The van der Waals surface area contributed by atoms with E-state index in [-0.39, 0.29) is 6.47 Å². The van der Waals surface area contributed by atoms with Gasteiger partial charge in [0.25, 0.3) is 6.47 Å². The van der Waals surface area contributed by atoms with E-state index >= 15 is 0 Å². The van der Waals surface area contributed by atoms with E-state index in [4.69, 9.17) is 25.5 Å². The van der Waals surface area contributed by atoms with Crippen molar-refractivity contribution in [2.75, 3.05) is 13.2 Å². The van der Waals surface area contributed by atoms with Crippen LogP contribution in [0, 0.1) is 0 Å². The Hall–Kier alpha value is -0.730. The van der Waals surface area contributed by atoms with Crippen molar-refractivity contribution in [1.29, 1.82) is 0 Å². The first-order valence-electron chi connectivity index (χ1n) is 3.93. The largest absolute Gasteiger partial charge is 0.465 e. The molecule has 4 atom stereocenters. The minimum Gasteiger partial charge on any atom is -0.465 e. The third-order valence-corrected chi connectivity index (χ3v) is 1.66. The fourth-order valence-electron chi connectivity index (χ4n) is 0.800. The zero-order chi connectivity index (χ0) is 11.1. The van der Waals surface area contributed by atoms with Crippen molar-refractivity contribution in [2.24, 2.45) is 0 Å². The van der Waals surface area contributed by atoms with Crippen LogP contribution in [0.1, 0.15) is 0 Å². The predicted molar refractivity (Wildman–Crippen MR) is 43.1 cm³/mol. The standard InChI is InChI=1S/C7H14O7/c8-1-4(10)6(12)7(13)5(11)2-14-3-9/h3-8,10-13H,1-2H2. The van der Waals surface area contributed by atoms with Crippen LogP contribution in [0.25, 0.3) is 0 Å². The molecular weight excluding hydrogens is 196 g/mol. The number of aliphatic hydroxyl groups is 5. The molecule has 7 heteroatoms. The predicted octanol–water partition coefficient (Wildman–Crippen LogP) is -3.40. The van der Waals surface area contributed by atoms with Crippen LogP contribution >= 0.6 is 0 Å². The molecule has 0 amide bonds. The molecule has 0 bridgehead atoms. The van der Waals surface area contributed by atoms with Crippen LogP contribution in [0.4, 0.5) is 0 Å². The van der Waals surface area contributed by atoms with Gasteiger partial charge < -0.3 is 30.3 Å². The second kappa shape index (κ2) is 6.68. The average Bonchev–Trinajstić information content (AvgIpc) is 2.22. The SMILES string of the molecule is O=COCC(O)C(O)C(O)C(O)CO. The maximum Gasteiger partial charge on any atom is 0.293 e. The first-order valence-corrected chi connectivity index (χ1v) is 3.93. The Kier molecular flexibility index (Phi) is 6.34. The van der Waals surface area contributed by atoms with E-state index in [1.54, 1.807) is 0 Å². The normalized spacial score (nSPS) is 19.5. The minimum absolute atomic E-state index is 0.0742. The third kappa shape index (κ3) is 3.99. The Bertz CT molecular complexity index is 162. The van der Waals surface area contributed by atoms with Gasteiger partial charge in [0.05, 0.1) is 6.61 Å². The van der Waals surface area contributed by atoms with Gasteiger partial charge in [-0.1, -0.05) is 0 Å². The fourth-order valence-corrected chi connectivity index (χ4v) is 0.800. The van der Waals surface area contributed by atoms with Crippen molar-refractivity contribution in [2.45, 2.75) is 24.4 Å². The first kappa shape index (κ1) is 13.3. The summed E-state index contributed by atoms with van der Waals surface area (Å²) < 4.78 is 4.13. The molecule has 0 aliphatic heterocycles. The van der Waals surface area contributed by atoms with Gasteiger partial charge in [-0.25, -0.2) is 0 Å². The first-order chi connectivity index (χ1) is 6.54. The number of ether oxygens (including phenoxy) is 1. The van der Waals surface area contributed by atoms with Gasteiger partial charge in [0.15, 0.2) is 0 Å². The lowest BCUT2D eigenvalue weighted by Crippen LogP contribution is -2.47. The van der Waals surface area contributed by atoms with Gasteiger partial charge in [0.1, 0.15) is 31.0 Å². The highest BCUT2D eigenvalue weighted by atomic mass is 16.5. The molecule has 0 aliphatic rings. The summed E-state index contributed by atoms with van der Waals surface area (Å²) in [6.07, 6.45) is -6.48.